The van der Waals surface area contributed by atoms with E-state index in [-0.39, 0.29) is 5.13 Å². The first-order chi connectivity index (χ1) is 8.99. The topological polar surface area (TPSA) is 63.8 Å². The fraction of sp³-hybridized carbons (Fsp3) is 0.273. The van der Waals surface area contributed by atoms with Gasteiger partial charge in [-0.3, -0.25) is 0 Å². The quantitative estimate of drug-likeness (QED) is 0.908. The van der Waals surface area contributed by atoms with Crippen LogP contribution in [0.25, 0.3) is 0 Å². The third-order valence-corrected chi connectivity index (χ3v) is 3.19. The first kappa shape index (κ1) is 13.8. The zero-order chi connectivity index (χ0) is 13.9. The number of anilines is 2. The molecule has 0 bridgehead atoms. The number of rotatable bonds is 4. The molecule has 0 aliphatic carbocycles. The van der Waals surface area contributed by atoms with Crippen LogP contribution in [0.4, 0.5) is 24.0 Å². The zero-order valence-electron chi connectivity index (χ0n) is 9.74. The first-order valence-corrected chi connectivity index (χ1v) is 6.27. The maximum absolute atomic E-state index is 12.3. The summed E-state index contributed by atoms with van der Waals surface area (Å²) in [5.74, 6) is 0. The second-order valence-electron chi connectivity index (χ2n) is 3.77. The summed E-state index contributed by atoms with van der Waals surface area (Å²) in [6.07, 6.45) is -3.69. The predicted molar refractivity (Wildman–Crippen MR) is 67.4 cm³/mol. The molecule has 2 aromatic rings. The summed E-state index contributed by atoms with van der Waals surface area (Å²) in [7, 11) is 0. The van der Waals surface area contributed by atoms with Gasteiger partial charge < -0.3 is 11.1 Å². The highest BCUT2D eigenvalue weighted by Gasteiger charge is 2.35. The van der Waals surface area contributed by atoms with E-state index in [0.717, 1.165) is 12.0 Å². The molecule has 0 unspecified atom stereocenters. The lowest BCUT2D eigenvalue weighted by molar-refractivity contribution is -0.138. The molecule has 2 rings (SSSR count). The molecule has 1 aromatic heterocycles. The smallest absolute Gasteiger partial charge is 0.330 e. The Morgan fingerprint density at radius 2 is 1.84 bits per heavy atom. The lowest BCUT2D eigenvalue weighted by Gasteiger charge is -2.03. The average Bonchev–Trinajstić information content (AvgIpc) is 2.80. The number of nitrogens with two attached hydrogens (primary N) is 1. The van der Waals surface area contributed by atoms with Gasteiger partial charge in [-0.05, 0) is 30.7 Å². The first-order valence-electron chi connectivity index (χ1n) is 5.46. The Balaban J connectivity index is 2.06. The minimum atomic E-state index is -4.46. The Hall–Kier alpha value is -1.67. The molecule has 0 spiro atoms. The van der Waals surface area contributed by atoms with Gasteiger partial charge in [-0.1, -0.05) is 23.5 Å². The summed E-state index contributed by atoms with van der Waals surface area (Å²) in [5, 5.41) is 8.48. The van der Waals surface area contributed by atoms with E-state index >= 15 is 0 Å². The number of alkyl halides is 3. The van der Waals surface area contributed by atoms with Crippen LogP contribution in [0.2, 0.25) is 0 Å². The van der Waals surface area contributed by atoms with Crippen LogP contribution in [0.3, 0.4) is 0 Å². The summed E-state index contributed by atoms with van der Waals surface area (Å²) in [5.41, 5.74) is 7.16. The molecule has 0 fully saturated rings. The number of benzene rings is 1. The van der Waals surface area contributed by atoms with E-state index in [0.29, 0.717) is 23.6 Å². The van der Waals surface area contributed by atoms with Crippen molar-refractivity contribution in [3.05, 3.63) is 34.8 Å². The van der Waals surface area contributed by atoms with E-state index < -0.39 is 11.2 Å². The van der Waals surface area contributed by atoms with Crippen molar-refractivity contribution in [2.45, 2.75) is 12.6 Å². The average molecular weight is 288 g/mol. The molecule has 1 aromatic carbocycles. The fourth-order valence-electron chi connectivity index (χ4n) is 1.43. The maximum atomic E-state index is 12.3. The summed E-state index contributed by atoms with van der Waals surface area (Å²) < 4.78 is 37.0. The van der Waals surface area contributed by atoms with Crippen molar-refractivity contribution in [3.8, 4) is 0 Å². The van der Waals surface area contributed by atoms with Crippen molar-refractivity contribution in [1.82, 2.24) is 10.2 Å². The molecule has 4 nitrogen and oxygen atoms in total. The van der Waals surface area contributed by atoms with Crippen LogP contribution in [0.15, 0.2) is 24.3 Å². The molecule has 0 saturated heterocycles. The van der Waals surface area contributed by atoms with Crippen molar-refractivity contribution in [2.24, 2.45) is 5.73 Å². The van der Waals surface area contributed by atoms with Crippen LogP contribution in [-0.4, -0.2) is 16.7 Å². The number of halogens is 3. The number of nitrogens with zero attached hydrogens (tertiary/aromatic N) is 2. The summed E-state index contributed by atoms with van der Waals surface area (Å²) in [6.45, 7) is 0.554. The van der Waals surface area contributed by atoms with Crippen molar-refractivity contribution < 1.29 is 13.2 Å². The maximum Gasteiger partial charge on any atom is 0.445 e. The SMILES string of the molecule is NCCc1ccc(Nc2nnc(C(F)(F)F)s2)cc1. The van der Waals surface area contributed by atoms with Gasteiger partial charge in [-0.15, -0.1) is 10.2 Å². The van der Waals surface area contributed by atoms with E-state index in [9.17, 15) is 13.2 Å². The van der Waals surface area contributed by atoms with Gasteiger partial charge in [0.05, 0.1) is 0 Å². The van der Waals surface area contributed by atoms with Crippen LogP contribution >= 0.6 is 11.3 Å². The zero-order valence-corrected chi connectivity index (χ0v) is 10.6. The van der Waals surface area contributed by atoms with Crippen LogP contribution in [-0.2, 0) is 12.6 Å². The number of aromatic nitrogens is 2. The van der Waals surface area contributed by atoms with Gasteiger partial charge in [0, 0.05) is 5.69 Å². The van der Waals surface area contributed by atoms with Gasteiger partial charge >= 0.3 is 6.18 Å². The van der Waals surface area contributed by atoms with Gasteiger partial charge in [0.15, 0.2) is 0 Å². The number of nitrogens with one attached hydrogen (secondary N) is 1. The molecule has 0 aliphatic rings. The van der Waals surface area contributed by atoms with Gasteiger partial charge in [0.25, 0.3) is 0 Å². The molecule has 0 radical (unpaired) electrons. The van der Waals surface area contributed by atoms with Crippen molar-refractivity contribution >= 4 is 22.2 Å². The Morgan fingerprint density at radius 1 is 1.16 bits per heavy atom. The summed E-state index contributed by atoms with van der Waals surface area (Å²) in [6, 6.07) is 7.25. The molecule has 0 amide bonds. The molecule has 102 valence electrons. The highest BCUT2D eigenvalue weighted by molar-refractivity contribution is 7.15. The standard InChI is InChI=1S/C11H11F3N4S/c12-11(13,14)9-17-18-10(19-9)16-8-3-1-7(2-4-8)5-6-15/h1-4H,5-6,15H2,(H,16,18). The molecule has 0 saturated carbocycles. The minimum absolute atomic E-state index is 0.110. The summed E-state index contributed by atoms with van der Waals surface area (Å²) in [4.78, 5) is 0. The van der Waals surface area contributed by atoms with Crippen molar-refractivity contribution in [3.63, 3.8) is 0 Å². The predicted octanol–water partition coefficient (Wildman–Crippen LogP) is 2.80. The lowest BCUT2D eigenvalue weighted by atomic mass is 10.1. The Bertz CT molecular complexity index is 536. The highest BCUT2D eigenvalue weighted by Crippen LogP contribution is 2.33. The minimum Gasteiger partial charge on any atom is -0.330 e. The second-order valence-corrected chi connectivity index (χ2v) is 4.75. The third-order valence-electron chi connectivity index (χ3n) is 2.31. The van der Waals surface area contributed by atoms with Gasteiger partial charge in [-0.2, -0.15) is 13.2 Å². The lowest BCUT2D eigenvalue weighted by Crippen LogP contribution is -2.03. The van der Waals surface area contributed by atoms with E-state index in [2.05, 4.69) is 15.5 Å². The van der Waals surface area contributed by atoms with Gasteiger partial charge in [0.2, 0.25) is 10.1 Å². The number of hydrogen-bond acceptors (Lipinski definition) is 5. The molecule has 3 N–H and O–H groups in total. The molecular weight excluding hydrogens is 277 g/mol. The van der Waals surface area contributed by atoms with Crippen LogP contribution in [0, 0.1) is 0 Å². The van der Waals surface area contributed by atoms with Crippen LogP contribution in [0.1, 0.15) is 10.6 Å². The van der Waals surface area contributed by atoms with E-state index in [4.69, 9.17) is 5.73 Å². The molecular formula is C11H11F3N4S. The van der Waals surface area contributed by atoms with Crippen LogP contribution < -0.4 is 11.1 Å². The van der Waals surface area contributed by atoms with Gasteiger partial charge in [-0.25, -0.2) is 0 Å². The fourth-order valence-corrected chi connectivity index (χ4v) is 2.06. The normalized spacial score (nSPS) is 11.6. The van der Waals surface area contributed by atoms with E-state index in [1.54, 1.807) is 12.1 Å². The third kappa shape index (κ3) is 3.65. The summed E-state index contributed by atoms with van der Waals surface area (Å²) >= 11 is 0.471. The molecule has 0 aliphatic heterocycles. The molecule has 19 heavy (non-hydrogen) atoms. The van der Waals surface area contributed by atoms with E-state index in [1.165, 1.54) is 0 Å². The molecule has 8 heteroatoms. The molecule has 0 atom stereocenters. The van der Waals surface area contributed by atoms with Crippen molar-refractivity contribution in [2.75, 3.05) is 11.9 Å². The Kier molecular flexibility index (Phi) is 4.01. The van der Waals surface area contributed by atoms with E-state index in [1.807, 2.05) is 12.1 Å². The molecule has 1 heterocycles. The Morgan fingerprint density at radius 3 is 2.37 bits per heavy atom. The largest absolute Gasteiger partial charge is 0.445 e. The van der Waals surface area contributed by atoms with Crippen molar-refractivity contribution in [1.29, 1.82) is 0 Å². The second kappa shape index (κ2) is 5.54. The van der Waals surface area contributed by atoms with Gasteiger partial charge in [0.1, 0.15) is 0 Å². The highest BCUT2D eigenvalue weighted by atomic mass is 32.1. The Labute approximate surface area is 111 Å². The van der Waals surface area contributed by atoms with Crippen LogP contribution in [0.5, 0.6) is 0 Å². The monoisotopic (exact) mass is 288 g/mol. The number of hydrogen-bond donors (Lipinski definition) is 2.